The number of aromatic nitrogens is 3. The van der Waals surface area contributed by atoms with Crippen molar-refractivity contribution in [3.8, 4) is 0 Å². The molecule has 1 atom stereocenters. The van der Waals surface area contributed by atoms with Crippen LogP contribution in [-0.2, 0) is 6.42 Å². The molecule has 1 unspecified atom stereocenters. The van der Waals surface area contributed by atoms with E-state index >= 15 is 0 Å². The maximum absolute atomic E-state index is 6.00. The molecular weight excluding hydrogens is 248 g/mol. The van der Waals surface area contributed by atoms with Crippen LogP contribution in [0.4, 0.5) is 5.82 Å². The molecule has 2 aromatic heterocycles. The zero-order valence-electron chi connectivity index (χ0n) is 11.4. The van der Waals surface area contributed by atoms with E-state index in [1.807, 2.05) is 0 Å². The van der Waals surface area contributed by atoms with Gasteiger partial charge < -0.3 is 10.3 Å². The maximum atomic E-state index is 6.00. The van der Waals surface area contributed by atoms with Crippen molar-refractivity contribution < 1.29 is 0 Å². The Hall–Kier alpha value is -2.36. The Morgan fingerprint density at radius 1 is 1.25 bits per heavy atom. The van der Waals surface area contributed by atoms with Gasteiger partial charge in [-0.3, -0.25) is 0 Å². The second kappa shape index (κ2) is 4.07. The van der Waals surface area contributed by atoms with Gasteiger partial charge in [0.25, 0.3) is 0 Å². The fraction of sp³-hybridized carbons (Fsp3) is 0.250. The van der Waals surface area contributed by atoms with Crippen molar-refractivity contribution in [2.75, 3.05) is 5.73 Å². The molecule has 0 aliphatic heterocycles. The summed E-state index contributed by atoms with van der Waals surface area (Å²) >= 11 is 0. The molecule has 100 valence electrons. The normalized spacial score (nSPS) is 17.6. The van der Waals surface area contributed by atoms with Crippen molar-refractivity contribution in [1.29, 1.82) is 0 Å². The Labute approximate surface area is 117 Å². The number of nitrogens with zero attached hydrogens (tertiary/aromatic N) is 3. The highest BCUT2D eigenvalue weighted by Gasteiger charge is 2.25. The number of hydrogen-bond acceptors (Lipinski definition) is 3. The van der Waals surface area contributed by atoms with Crippen LogP contribution in [0.15, 0.2) is 36.8 Å². The van der Waals surface area contributed by atoms with E-state index in [1.54, 1.807) is 6.33 Å². The van der Waals surface area contributed by atoms with E-state index < -0.39 is 0 Å². The first-order valence-corrected chi connectivity index (χ1v) is 6.91. The molecular formula is C16H16N4. The predicted octanol–water partition coefficient (Wildman–Crippen LogP) is 2.86. The first-order chi connectivity index (χ1) is 9.75. The molecule has 4 heteroatoms. The minimum Gasteiger partial charge on any atom is -0.383 e. The Bertz CT molecular complexity index is 803. The second-order valence-corrected chi connectivity index (χ2v) is 5.43. The number of fused-ring (bicyclic) bond motifs is 2. The van der Waals surface area contributed by atoms with E-state index in [0.29, 0.717) is 11.9 Å². The minimum absolute atomic E-state index is 0.358. The molecule has 4 nitrogen and oxygen atoms in total. The molecule has 3 aromatic rings. The quantitative estimate of drug-likeness (QED) is 0.735. The van der Waals surface area contributed by atoms with Crippen molar-refractivity contribution >= 4 is 16.9 Å². The molecule has 0 amide bonds. The molecule has 2 N–H and O–H groups in total. The summed E-state index contributed by atoms with van der Waals surface area (Å²) in [4.78, 5) is 8.56. The molecule has 1 aliphatic carbocycles. The summed E-state index contributed by atoms with van der Waals surface area (Å²) in [5.41, 5.74) is 10.9. The minimum atomic E-state index is 0.358. The zero-order chi connectivity index (χ0) is 13.7. The van der Waals surface area contributed by atoms with E-state index in [4.69, 9.17) is 5.73 Å². The van der Waals surface area contributed by atoms with Gasteiger partial charge in [-0.1, -0.05) is 24.3 Å². The summed E-state index contributed by atoms with van der Waals surface area (Å²) in [6.07, 6.45) is 5.95. The highest BCUT2D eigenvalue weighted by atomic mass is 15.1. The lowest BCUT2D eigenvalue weighted by molar-refractivity contribution is 0.594. The summed E-state index contributed by atoms with van der Waals surface area (Å²) in [6.45, 7) is 2.07. The van der Waals surface area contributed by atoms with Crippen LogP contribution in [0.3, 0.4) is 0 Å². The summed E-state index contributed by atoms with van der Waals surface area (Å²) in [5.74, 6) is 0.567. The standard InChI is InChI=1S/C16H16N4/c1-10-8-20(16-14(10)15(17)18-9-19-16)13-7-6-11-4-2-3-5-12(11)13/h2-5,8-9,13H,6-7H2,1H3,(H2,17,18,19). The molecule has 0 bridgehead atoms. The number of anilines is 1. The SMILES string of the molecule is Cc1cn(C2CCc3ccccc32)c2ncnc(N)c12. The Morgan fingerprint density at radius 3 is 3.00 bits per heavy atom. The van der Waals surface area contributed by atoms with Gasteiger partial charge in [-0.25, -0.2) is 9.97 Å². The van der Waals surface area contributed by atoms with Crippen molar-refractivity contribution in [3.05, 3.63) is 53.5 Å². The van der Waals surface area contributed by atoms with Crippen LogP contribution in [0.2, 0.25) is 0 Å². The lowest BCUT2D eigenvalue weighted by Crippen LogP contribution is -2.07. The van der Waals surface area contributed by atoms with E-state index in [9.17, 15) is 0 Å². The van der Waals surface area contributed by atoms with Crippen LogP contribution < -0.4 is 5.73 Å². The highest BCUT2D eigenvalue weighted by molar-refractivity contribution is 5.89. The summed E-state index contributed by atoms with van der Waals surface area (Å²) in [6, 6.07) is 9.02. The first-order valence-electron chi connectivity index (χ1n) is 6.91. The number of rotatable bonds is 1. The third-order valence-electron chi connectivity index (χ3n) is 4.27. The zero-order valence-corrected chi connectivity index (χ0v) is 11.4. The average molecular weight is 264 g/mol. The molecule has 0 radical (unpaired) electrons. The van der Waals surface area contributed by atoms with Gasteiger partial charge in [0.1, 0.15) is 17.8 Å². The van der Waals surface area contributed by atoms with Crippen LogP contribution in [0, 0.1) is 6.92 Å². The second-order valence-electron chi connectivity index (χ2n) is 5.43. The first kappa shape index (κ1) is 11.5. The Morgan fingerprint density at radius 2 is 2.10 bits per heavy atom. The van der Waals surface area contributed by atoms with Crippen molar-refractivity contribution in [1.82, 2.24) is 14.5 Å². The van der Waals surface area contributed by atoms with Gasteiger partial charge in [0.15, 0.2) is 0 Å². The van der Waals surface area contributed by atoms with Crippen LogP contribution >= 0.6 is 0 Å². The molecule has 4 rings (SSSR count). The fourth-order valence-electron chi connectivity index (χ4n) is 3.36. The van der Waals surface area contributed by atoms with E-state index in [-0.39, 0.29) is 0 Å². The molecule has 20 heavy (non-hydrogen) atoms. The van der Waals surface area contributed by atoms with Crippen molar-refractivity contribution in [2.45, 2.75) is 25.8 Å². The number of benzene rings is 1. The summed E-state index contributed by atoms with van der Waals surface area (Å²) < 4.78 is 2.26. The topological polar surface area (TPSA) is 56.7 Å². The number of nitrogen functional groups attached to an aromatic ring is 1. The van der Waals surface area contributed by atoms with Crippen molar-refractivity contribution in [2.24, 2.45) is 0 Å². The molecule has 0 spiro atoms. The van der Waals surface area contributed by atoms with Crippen LogP contribution in [0.5, 0.6) is 0 Å². The lowest BCUT2D eigenvalue weighted by Gasteiger charge is -2.15. The maximum Gasteiger partial charge on any atom is 0.146 e. The highest BCUT2D eigenvalue weighted by Crippen LogP contribution is 2.37. The number of hydrogen-bond donors (Lipinski definition) is 1. The van der Waals surface area contributed by atoms with Gasteiger partial charge in [0.05, 0.1) is 11.4 Å². The summed E-state index contributed by atoms with van der Waals surface area (Å²) in [7, 11) is 0. The Balaban J connectivity index is 1.95. The van der Waals surface area contributed by atoms with Gasteiger partial charge in [0.2, 0.25) is 0 Å². The van der Waals surface area contributed by atoms with Gasteiger partial charge >= 0.3 is 0 Å². The molecule has 2 heterocycles. The van der Waals surface area contributed by atoms with E-state index in [0.717, 1.165) is 29.4 Å². The number of aryl methyl sites for hydroxylation is 2. The molecule has 1 aromatic carbocycles. The molecule has 1 aliphatic rings. The van der Waals surface area contributed by atoms with Gasteiger partial charge in [0, 0.05) is 6.20 Å². The van der Waals surface area contributed by atoms with Crippen molar-refractivity contribution in [3.63, 3.8) is 0 Å². The summed E-state index contributed by atoms with van der Waals surface area (Å²) in [5, 5.41) is 0.983. The molecule has 0 fully saturated rings. The smallest absolute Gasteiger partial charge is 0.146 e. The average Bonchev–Trinajstić information content (AvgIpc) is 3.01. The van der Waals surface area contributed by atoms with Crippen LogP contribution in [0.25, 0.3) is 11.0 Å². The third kappa shape index (κ3) is 1.48. The monoisotopic (exact) mass is 264 g/mol. The van der Waals surface area contributed by atoms with Gasteiger partial charge in [-0.15, -0.1) is 0 Å². The lowest BCUT2D eigenvalue weighted by atomic mass is 10.1. The molecule has 0 saturated heterocycles. The third-order valence-corrected chi connectivity index (χ3v) is 4.27. The fourth-order valence-corrected chi connectivity index (χ4v) is 3.36. The largest absolute Gasteiger partial charge is 0.383 e. The van der Waals surface area contributed by atoms with E-state index in [1.165, 1.54) is 11.1 Å². The molecule has 0 saturated carbocycles. The van der Waals surface area contributed by atoms with E-state index in [2.05, 4.69) is 51.9 Å². The van der Waals surface area contributed by atoms with Crippen LogP contribution in [-0.4, -0.2) is 14.5 Å². The van der Waals surface area contributed by atoms with Gasteiger partial charge in [-0.2, -0.15) is 0 Å². The van der Waals surface area contributed by atoms with Crippen LogP contribution in [0.1, 0.15) is 29.2 Å². The Kier molecular flexibility index (Phi) is 2.33. The predicted molar refractivity (Wildman–Crippen MR) is 79.6 cm³/mol. The number of nitrogens with two attached hydrogens (primary N) is 1. The van der Waals surface area contributed by atoms with Gasteiger partial charge in [-0.05, 0) is 36.5 Å².